The number of halogens is 2. The van der Waals surface area contributed by atoms with Crippen LogP contribution in [0.2, 0.25) is 0 Å². The van der Waals surface area contributed by atoms with Crippen LogP contribution in [0.5, 0.6) is 0 Å². The number of nitrogens with zero attached hydrogens (tertiary/aromatic N) is 1. The van der Waals surface area contributed by atoms with Gasteiger partial charge in [-0.3, -0.25) is 0 Å². The van der Waals surface area contributed by atoms with Crippen molar-refractivity contribution in [2.24, 2.45) is 0 Å². The Balaban J connectivity index is 2.66. The van der Waals surface area contributed by atoms with Crippen molar-refractivity contribution in [2.45, 2.75) is 6.92 Å². The first kappa shape index (κ1) is 10.9. The van der Waals surface area contributed by atoms with Gasteiger partial charge in [-0.25, -0.2) is 13.8 Å². The number of hydrogen-bond donors (Lipinski definition) is 1. The molecular formula is C11H8F2N2S. The van der Waals surface area contributed by atoms with E-state index < -0.39 is 11.6 Å². The van der Waals surface area contributed by atoms with Gasteiger partial charge in [-0.1, -0.05) is 18.3 Å². The Kier molecular flexibility index (Phi) is 2.78. The van der Waals surface area contributed by atoms with Crippen LogP contribution in [0.4, 0.5) is 8.78 Å². The minimum absolute atomic E-state index is 0.150. The number of benzene rings is 1. The third kappa shape index (κ3) is 1.86. The molecule has 16 heavy (non-hydrogen) atoms. The summed E-state index contributed by atoms with van der Waals surface area (Å²) in [6, 6.07) is 4.52. The third-order valence-corrected chi connectivity index (χ3v) is 2.47. The molecule has 0 saturated heterocycles. The van der Waals surface area contributed by atoms with E-state index in [1.54, 1.807) is 0 Å². The van der Waals surface area contributed by atoms with Gasteiger partial charge in [0.25, 0.3) is 0 Å². The third-order valence-electron chi connectivity index (χ3n) is 2.25. The summed E-state index contributed by atoms with van der Waals surface area (Å²) < 4.78 is 27.3. The van der Waals surface area contributed by atoms with Crippen molar-refractivity contribution in [2.75, 3.05) is 0 Å². The molecule has 0 saturated carbocycles. The van der Waals surface area contributed by atoms with Crippen molar-refractivity contribution < 1.29 is 8.78 Å². The minimum atomic E-state index is -0.878. The highest BCUT2D eigenvalue weighted by molar-refractivity contribution is 7.71. The summed E-state index contributed by atoms with van der Waals surface area (Å²) in [5, 5.41) is 0. The smallest absolute Gasteiger partial charge is 0.168 e. The van der Waals surface area contributed by atoms with E-state index in [9.17, 15) is 8.78 Å². The lowest BCUT2D eigenvalue weighted by Crippen LogP contribution is -1.95. The zero-order valence-electron chi connectivity index (χ0n) is 8.42. The quantitative estimate of drug-likeness (QED) is 0.771. The first-order valence-corrected chi connectivity index (χ1v) is 5.00. The summed E-state index contributed by atoms with van der Waals surface area (Å²) in [6.45, 7) is 1.51. The lowest BCUT2D eigenvalue weighted by atomic mass is 10.1. The van der Waals surface area contributed by atoms with Gasteiger partial charge in [0, 0.05) is 5.56 Å². The van der Waals surface area contributed by atoms with Gasteiger partial charge in [0.2, 0.25) is 0 Å². The first-order chi connectivity index (χ1) is 7.59. The Morgan fingerprint density at radius 3 is 2.69 bits per heavy atom. The first-order valence-electron chi connectivity index (χ1n) is 4.59. The van der Waals surface area contributed by atoms with E-state index in [-0.39, 0.29) is 11.1 Å². The van der Waals surface area contributed by atoms with Crippen molar-refractivity contribution in [3.63, 3.8) is 0 Å². The molecule has 0 unspecified atom stereocenters. The highest BCUT2D eigenvalue weighted by atomic mass is 32.1. The van der Waals surface area contributed by atoms with Crippen LogP contribution in [0.15, 0.2) is 24.5 Å². The van der Waals surface area contributed by atoms with Gasteiger partial charge in [-0.15, -0.1) is 0 Å². The number of rotatable bonds is 1. The Morgan fingerprint density at radius 1 is 1.25 bits per heavy atom. The van der Waals surface area contributed by atoms with Gasteiger partial charge in [-0.05, 0) is 24.6 Å². The highest BCUT2D eigenvalue weighted by Crippen LogP contribution is 2.24. The van der Waals surface area contributed by atoms with Crippen molar-refractivity contribution >= 4 is 12.2 Å². The van der Waals surface area contributed by atoms with E-state index in [1.165, 1.54) is 31.5 Å². The molecule has 0 aliphatic heterocycles. The van der Waals surface area contributed by atoms with E-state index in [0.717, 1.165) is 0 Å². The van der Waals surface area contributed by atoms with Gasteiger partial charge < -0.3 is 4.98 Å². The predicted octanol–water partition coefficient (Wildman–Crippen LogP) is 3.39. The second-order valence-electron chi connectivity index (χ2n) is 3.36. The molecule has 0 bridgehead atoms. The lowest BCUT2D eigenvalue weighted by molar-refractivity contribution is 0.505. The highest BCUT2D eigenvalue weighted by Gasteiger charge is 2.12. The standard InChI is InChI=1S/C11H8F2N2S/c1-6-2-3-7(11(13)10(6)12)8-4-9(16)15-5-14-8/h2-5H,1H3,(H,14,15,16). The fourth-order valence-corrected chi connectivity index (χ4v) is 1.55. The van der Waals surface area contributed by atoms with Crippen molar-refractivity contribution in [1.29, 1.82) is 0 Å². The number of hydrogen-bond acceptors (Lipinski definition) is 2. The summed E-state index contributed by atoms with van der Waals surface area (Å²) in [6.07, 6.45) is 1.36. The SMILES string of the molecule is Cc1ccc(-c2cc(=S)nc[nH]2)c(F)c1F. The Bertz CT molecular complexity index is 593. The van der Waals surface area contributed by atoms with Crippen molar-refractivity contribution in [1.82, 2.24) is 9.97 Å². The summed E-state index contributed by atoms with van der Waals surface area (Å²) >= 11 is 4.85. The van der Waals surface area contributed by atoms with Crippen LogP contribution in [0, 0.1) is 23.2 Å². The molecule has 0 aliphatic carbocycles. The second kappa shape index (κ2) is 4.09. The average Bonchev–Trinajstić information content (AvgIpc) is 2.26. The Morgan fingerprint density at radius 2 is 2.00 bits per heavy atom. The number of nitrogens with one attached hydrogen (secondary N) is 1. The Hall–Kier alpha value is -1.62. The molecule has 5 heteroatoms. The van der Waals surface area contributed by atoms with E-state index in [0.29, 0.717) is 10.3 Å². The van der Waals surface area contributed by atoms with Gasteiger partial charge >= 0.3 is 0 Å². The molecule has 2 nitrogen and oxygen atoms in total. The van der Waals surface area contributed by atoms with Crippen molar-refractivity contribution in [3.05, 3.63) is 46.4 Å². The van der Waals surface area contributed by atoms with Crippen LogP contribution in [-0.2, 0) is 0 Å². The average molecular weight is 238 g/mol. The molecule has 0 aliphatic rings. The second-order valence-corrected chi connectivity index (χ2v) is 3.78. The molecule has 0 atom stereocenters. The van der Waals surface area contributed by atoms with Crippen molar-refractivity contribution in [3.8, 4) is 11.3 Å². The fraction of sp³-hybridized carbons (Fsp3) is 0.0909. The van der Waals surface area contributed by atoms with Gasteiger partial charge in [0.05, 0.1) is 12.0 Å². The topological polar surface area (TPSA) is 28.7 Å². The predicted molar refractivity (Wildman–Crippen MR) is 59.5 cm³/mol. The molecule has 0 fully saturated rings. The minimum Gasteiger partial charge on any atom is -0.346 e. The van der Waals surface area contributed by atoms with Crippen LogP contribution in [0.3, 0.4) is 0 Å². The summed E-state index contributed by atoms with van der Waals surface area (Å²) in [5.41, 5.74) is 0.835. The molecule has 1 heterocycles. The summed E-state index contributed by atoms with van der Waals surface area (Å²) in [4.78, 5) is 6.51. The van der Waals surface area contributed by atoms with Crippen LogP contribution >= 0.6 is 12.2 Å². The van der Waals surface area contributed by atoms with Crippen LogP contribution in [0.1, 0.15) is 5.56 Å². The number of aromatic nitrogens is 2. The molecule has 82 valence electrons. The largest absolute Gasteiger partial charge is 0.346 e. The number of aryl methyl sites for hydroxylation is 1. The number of H-pyrrole nitrogens is 1. The molecular weight excluding hydrogens is 230 g/mol. The maximum Gasteiger partial charge on any atom is 0.168 e. The van der Waals surface area contributed by atoms with E-state index in [1.807, 2.05) is 0 Å². The van der Waals surface area contributed by atoms with E-state index in [2.05, 4.69) is 9.97 Å². The molecule has 1 N–H and O–H groups in total. The molecule has 0 amide bonds. The molecule has 1 aromatic carbocycles. The lowest BCUT2D eigenvalue weighted by Gasteiger charge is -2.05. The van der Waals surface area contributed by atoms with E-state index >= 15 is 0 Å². The van der Waals surface area contributed by atoms with Crippen LogP contribution < -0.4 is 0 Å². The molecule has 2 rings (SSSR count). The monoisotopic (exact) mass is 238 g/mol. The Labute approximate surface area is 96.0 Å². The molecule has 0 radical (unpaired) electrons. The van der Waals surface area contributed by atoms with Crippen LogP contribution in [0.25, 0.3) is 11.3 Å². The molecule has 2 aromatic rings. The molecule has 1 aromatic heterocycles. The summed E-state index contributed by atoms with van der Waals surface area (Å²) in [7, 11) is 0. The molecule has 0 spiro atoms. The fourth-order valence-electron chi connectivity index (χ4n) is 1.38. The maximum absolute atomic E-state index is 13.6. The van der Waals surface area contributed by atoms with Gasteiger partial charge in [0.15, 0.2) is 11.6 Å². The van der Waals surface area contributed by atoms with Crippen LogP contribution in [-0.4, -0.2) is 9.97 Å². The zero-order chi connectivity index (χ0) is 11.7. The summed E-state index contributed by atoms with van der Waals surface area (Å²) in [5.74, 6) is -1.72. The van der Waals surface area contributed by atoms with Gasteiger partial charge in [-0.2, -0.15) is 0 Å². The zero-order valence-corrected chi connectivity index (χ0v) is 9.24. The number of aromatic amines is 1. The maximum atomic E-state index is 13.6. The van der Waals surface area contributed by atoms with Gasteiger partial charge in [0.1, 0.15) is 4.64 Å². The van der Waals surface area contributed by atoms with E-state index in [4.69, 9.17) is 12.2 Å². The normalized spacial score (nSPS) is 10.4.